The minimum Gasteiger partial charge on any atom is -0.397 e. The standard InChI is InChI=1S/C21H18N6OS2/c1-10(2)11-3-5-12(6-4-11)14-13(9-22)18(24)26-20-15(14)16(23)17(30-20)19(28)27-21-25-7-8-29-21/h3-8,10H,23H2,1-2H3,(H2,24,26)(H,25,27,28)/p+1. The molecule has 0 saturated heterocycles. The largest absolute Gasteiger partial charge is 0.397 e. The lowest BCUT2D eigenvalue weighted by Gasteiger charge is -2.11. The van der Waals surface area contributed by atoms with Crippen LogP contribution in [0.3, 0.4) is 0 Å². The number of nitrogens with zero attached hydrogens (tertiary/aromatic N) is 2. The summed E-state index contributed by atoms with van der Waals surface area (Å²) in [5.74, 6) is 0.160. The number of thiazole rings is 1. The van der Waals surface area contributed by atoms with Crippen molar-refractivity contribution in [2.75, 3.05) is 16.8 Å². The smallest absolute Gasteiger partial charge is 0.351 e. The van der Waals surface area contributed by atoms with E-state index in [9.17, 15) is 10.1 Å². The van der Waals surface area contributed by atoms with Gasteiger partial charge in [0, 0.05) is 16.3 Å². The number of fused-ring (bicyclic) bond motifs is 1. The molecule has 0 aliphatic heterocycles. The van der Waals surface area contributed by atoms with Crippen LogP contribution in [0.5, 0.6) is 0 Å². The van der Waals surface area contributed by atoms with E-state index in [4.69, 9.17) is 11.5 Å². The van der Waals surface area contributed by atoms with Gasteiger partial charge in [-0.2, -0.15) is 10.6 Å². The van der Waals surface area contributed by atoms with Crippen molar-refractivity contribution >= 4 is 55.4 Å². The molecule has 4 aromatic rings. The summed E-state index contributed by atoms with van der Waals surface area (Å²) in [5.41, 5.74) is 15.6. The van der Waals surface area contributed by atoms with E-state index in [0.717, 1.165) is 16.9 Å². The molecule has 0 saturated carbocycles. The van der Waals surface area contributed by atoms with Crippen LogP contribution in [0.15, 0.2) is 35.8 Å². The molecule has 1 aromatic carbocycles. The first-order chi connectivity index (χ1) is 14.4. The number of H-pyrrole nitrogens is 1. The van der Waals surface area contributed by atoms with Crippen LogP contribution in [-0.4, -0.2) is 10.9 Å². The van der Waals surface area contributed by atoms with Crippen molar-refractivity contribution in [2.24, 2.45) is 0 Å². The van der Waals surface area contributed by atoms with Crippen LogP contribution in [-0.2, 0) is 0 Å². The number of carbonyl (C=O) groups excluding carboxylic acids is 1. The van der Waals surface area contributed by atoms with Gasteiger partial charge < -0.3 is 11.5 Å². The van der Waals surface area contributed by atoms with Gasteiger partial charge in [-0.15, -0.1) is 11.3 Å². The number of carbonyl (C=O) groups is 1. The fourth-order valence-corrected chi connectivity index (χ4v) is 4.81. The summed E-state index contributed by atoms with van der Waals surface area (Å²) in [4.78, 5) is 20.9. The number of hydrogen-bond acceptors (Lipinski definition) is 7. The van der Waals surface area contributed by atoms with Gasteiger partial charge in [0.15, 0.2) is 0 Å². The molecule has 7 nitrogen and oxygen atoms in total. The Bertz CT molecular complexity index is 1280. The minimum atomic E-state index is -0.340. The molecule has 0 aliphatic rings. The van der Waals surface area contributed by atoms with Gasteiger partial charge in [-0.1, -0.05) is 49.4 Å². The van der Waals surface area contributed by atoms with E-state index in [1.165, 1.54) is 16.9 Å². The highest BCUT2D eigenvalue weighted by atomic mass is 32.1. The number of aromatic amines is 1. The predicted octanol–water partition coefficient (Wildman–Crippen LogP) is 4.25. The molecule has 9 heteroatoms. The van der Waals surface area contributed by atoms with E-state index in [0.29, 0.717) is 31.7 Å². The van der Waals surface area contributed by atoms with E-state index in [1.54, 1.807) is 6.20 Å². The number of aromatic nitrogens is 2. The van der Waals surface area contributed by atoms with E-state index in [1.807, 2.05) is 29.6 Å². The van der Waals surface area contributed by atoms with Gasteiger partial charge in [0.2, 0.25) is 0 Å². The summed E-state index contributed by atoms with van der Waals surface area (Å²) in [6.45, 7) is 4.23. The van der Waals surface area contributed by atoms with Crippen LogP contribution in [0.2, 0.25) is 0 Å². The van der Waals surface area contributed by atoms with Gasteiger partial charge in [0.1, 0.15) is 27.2 Å². The summed E-state index contributed by atoms with van der Waals surface area (Å²) >= 11 is 2.53. The molecule has 1 amide bonds. The molecular formula is C21H19N6OS2+. The van der Waals surface area contributed by atoms with Gasteiger partial charge in [-0.3, -0.25) is 0 Å². The Kier molecular flexibility index (Phi) is 5.11. The molecule has 6 N–H and O–H groups in total. The second-order valence-electron chi connectivity index (χ2n) is 7.01. The van der Waals surface area contributed by atoms with Crippen molar-refractivity contribution in [3.63, 3.8) is 0 Å². The Hall–Kier alpha value is -3.48. The van der Waals surface area contributed by atoms with Gasteiger partial charge in [-0.25, -0.2) is 14.8 Å². The van der Waals surface area contributed by atoms with Gasteiger partial charge in [0.05, 0.1) is 11.9 Å². The highest BCUT2D eigenvalue weighted by Crippen LogP contribution is 2.43. The number of nitriles is 1. The number of rotatable bonds is 4. The molecule has 30 heavy (non-hydrogen) atoms. The number of pyridine rings is 1. The third-order valence-electron chi connectivity index (χ3n) is 4.78. The third kappa shape index (κ3) is 3.36. The average molecular weight is 436 g/mol. The lowest BCUT2D eigenvalue weighted by molar-refractivity contribution is -0.354. The highest BCUT2D eigenvalue weighted by molar-refractivity contribution is 7.21. The normalized spacial score (nSPS) is 11.0. The predicted molar refractivity (Wildman–Crippen MR) is 122 cm³/mol. The second kappa shape index (κ2) is 7.74. The maximum Gasteiger partial charge on any atom is 0.351 e. The van der Waals surface area contributed by atoms with Crippen LogP contribution in [0.25, 0.3) is 21.3 Å². The molecule has 0 spiro atoms. The topological polar surface area (TPSA) is 132 Å². The molecule has 0 bridgehead atoms. The number of nitrogen functional groups attached to an aromatic ring is 2. The first kappa shape index (κ1) is 19.8. The fourth-order valence-electron chi connectivity index (χ4n) is 3.25. The van der Waals surface area contributed by atoms with E-state index in [2.05, 4.69) is 35.2 Å². The first-order valence-corrected chi connectivity index (χ1v) is 10.9. The molecule has 3 heterocycles. The molecule has 4 rings (SSSR count). The molecule has 0 unspecified atom stereocenters. The van der Waals surface area contributed by atoms with Crippen molar-refractivity contribution in [1.29, 1.82) is 5.26 Å². The monoisotopic (exact) mass is 435 g/mol. The zero-order chi connectivity index (χ0) is 21.4. The van der Waals surface area contributed by atoms with Gasteiger partial charge >= 0.3 is 11.0 Å². The molecule has 0 fully saturated rings. The molecule has 0 atom stereocenters. The van der Waals surface area contributed by atoms with Crippen molar-refractivity contribution in [3.05, 3.63) is 51.8 Å². The Balaban J connectivity index is 1.91. The Morgan fingerprint density at radius 1 is 1.27 bits per heavy atom. The molecule has 0 radical (unpaired) electrons. The average Bonchev–Trinajstić information content (AvgIpc) is 3.35. The van der Waals surface area contributed by atoms with Crippen molar-refractivity contribution in [2.45, 2.75) is 19.8 Å². The zero-order valence-electron chi connectivity index (χ0n) is 16.3. The highest BCUT2D eigenvalue weighted by Gasteiger charge is 2.26. The van der Waals surface area contributed by atoms with Crippen molar-refractivity contribution in [1.82, 2.24) is 4.98 Å². The number of thiophene rings is 1. The van der Waals surface area contributed by atoms with Gasteiger partial charge in [-0.05, 0) is 17.0 Å². The summed E-state index contributed by atoms with van der Waals surface area (Å²) in [6, 6.07) is 10.1. The first-order valence-electron chi connectivity index (χ1n) is 9.19. The number of nitrogens with two attached hydrogens (primary N) is 2. The quantitative estimate of drug-likeness (QED) is 0.441. The second-order valence-corrected chi connectivity index (χ2v) is 8.92. The fraction of sp³-hybridized carbons (Fsp3) is 0.143. The summed E-state index contributed by atoms with van der Waals surface area (Å²) in [6.07, 6.45) is 1.73. The van der Waals surface area contributed by atoms with Crippen LogP contribution in [0.4, 0.5) is 16.6 Å². The number of anilines is 3. The van der Waals surface area contributed by atoms with E-state index in [-0.39, 0.29) is 23.0 Å². The third-order valence-corrected chi connectivity index (χ3v) is 6.61. The molecular weight excluding hydrogens is 416 g/mol. The number of amides is 1. The number of hydrogen-bond donors (Lipinski definition) is 3. The summed E-state index contributed by atoms with van der Waals surface area (Å²) in [5, 5.41) is 15.5. The van der Waals surface area contributed by atoms with Crippen LogP contribution < -0.4 is 21.8 Å². The SMILES string of the molecule is CC(C)c1ccc(-c2c(C#N)c(N)nc3sc(C(=O)Nc4[nH+]ccs4)c(N)c23)cc1. The maximum atomic E-state index is 12.8. The van der Waals surface area contributed by atoms with E-state index < -0.39 is 0 Å². The van der Waals surface area contributed by atoms with Crippen molar-refractivity contribution < 1.29 is 9.78 Å². The summed E-state index contributed by atoms with van der Waals surface area (Å²) < 4.78 is 0. The Labute approximate surface area is 181 Å². The van der Waals surface area contributed by atoms with Crippen molar-refractivity contribution in [3.8, 4) is 17.2 Å². The maximum absolute atomic E-state index is 12.8. The lowest BCUT2D eigenvalue weighted by atomic mass is 9.94. The Morgan fingerprint density at radius 3 is 2.60 bits per heavy atom. The van der Waals surface area contributed by atoms with Crippen LogP contribution >= 0.6 is 22.7 Å². The Morgan fingerprint density at radius 2 is 2.00 bits per heavy atom. The minimum absolute atomic E-state index is 0.118. The molecule has 3 aromatic heterocycles. The summed E-state index contributed by atoms with van der Waals surface area (Å²) in [7, 11) is 0. The lowest BCUT2D eigenvalue weighted by Crippen LogP contribution is -2.16. The van der Waals surface area contributed by atoms with Crippen LogP contribution in [0.1, 0.15) is 40.6 Å². The molecule has 150 valence electrons. The van der Waals surface area contributed by atoms with Crippen LogP contribution in [0, 0.1) is 11.3 Å². The number of nitrogens with one attached hydrogen (secondary N) is 2. The van der Waals surface area contributed by atoms with E-state index >= 15 is 0 Å². The zero-order valence-corrected chi connectivity index (χ0v) is 17.9. The number of benzene rings is 1. The molecule has 0 aliphatic carbocycles. The van der Waals surface area contributed by atoms with Gasteiger partial charge in [0.25, 0.3) is 0 Å².